The Hall–Kier alpha value is -2.70. The highest BCUT2D eigenvalue weighted by atomic mass is 16.2. The van der Waals surface area contributed by atoms with Crippen LogP contribution in [0.1, 0.15) is 40.5 Å². The van der Waals surface area contributed by atoms with Gasteiger partial charge in [0.25, 0.3) is 17.7 Å². The lowest BCUT2D eigenvalue weighted by atomic mass is 9.93. The van der Waals surface area contributed by atoms with Crippen molar-refractivity contribution < 1.29 is 19.2 Å². The van der Waals surface area contributed by atoms with Gasteiger partial charge in [0.05, 0.1) is 16.8 Å². The SMILES string of the molecule is C[C@H]1CCN2C(=O)N(c3ccc4c(c3)C(=O)NC4=O)C(=O)[C@H]2C1. The van der Waals surface area contributed by atoms with Gasteiger partial charge in [0.2, 0.25) is 0 Å². The number of hydrogen-bond donors (Lipinski definition) is 1. The summed E-state index contributed by atoms with van der Waals surface area (Å²) in [4.78, 5) is 51.3. The number of carbonyl (C=O) groups excluding carboxylic acids is 4. The number of anilines is 1. The lowest BCUT2D eigenvalue weighted by Crippen LogP contribution is -2.41. The average molecular weight is 313 g/mol. The molecule has 0 radical (unpaired) electrons. The van der Waals surface area contributed by atoms with Crippen LogP contribution in [-0.2, 0) is 4.79 Å². The van der Waals surface area contributed by atoms with Crippen molar-refractivity contribution in [1.82, 2.24) is 10.2 Å². The Morgan fingerprint density at radius 2 is 1.83 bits per heavy atom. The largest absolute Gasteiger partial charge is 0.332 e. The molecule has 7 nitrogen and oxygen atoms in total. The van der Waals surface area contributed by atoms with Crippen molar-refractivity contribution >= 4 is 29.4 Å². The van der Waals surface area contributed by atoms with Crippen molar-refractivity contribution in [2.45, 2.75) is 25.8 Å². The molecule has 1 N–H and O–H groups in total. The smallest absolute Gasteiger partial charge is 0.312 e. The molecule has 1 aromatic rings. The van der Waals surface area contributed by atoms with E-state index in [1.165, 1.54) is 18.2 Å². The van der Waals surface area contributed by atoms with E-state index in [-0.39, 0.29) is 23.1 Å². The number of amides is 5. The highest BCUT2D eigenvalue weighted by Crippen LogP contribution is 2.34. The van der Waals surface area contributed by atoms with Crippen LogP contribution in [-0.4, -0.2) is 41.2 Å². The molecule has 3 heterocycles. The van der Waals surface area contributed by atoms with Crippen molar-refractivity contribution in [2.24, 2.45) is 5.92 Å². The molecule has 0 spiro atoms. The maximum Gasteiger partial charge on any atom is 0.332 e. The minimum absolute atomic E-state index is 0.200. The highest BCUT2D eigenvalue weighted by Gasteiger charge is 2.48. The summed E-state index contributed by atoms with van der Waals surface area (Å²) in [6, 6.07) is 3.68. The zero-order valence-electron chi connectivity index (χ0n) is 12.5. The van der Waals surface area contributed by atoms with Crippen LogP contribution in [0.25, 0.3) is 0 Å². The molecular formula is C16H15N3O4. The number of urea groups is 1. The lowest BCUT2D eigenvalue weighted by Gasteiger charge is -2.30. The summed E-state index contributed by atoms with van der Waals surface area (Å²) in [5.74, 6) is -0.818. The molecule has 5 amide bonds. The third-order valence-electron chi connectivity index (χ3n) is 4.78. The van der Waals surface area contributed by atoms with Crippen molar-refractivity contribution in [1.29, 1.82) is 0 Å². The zero-order chi connectivity index (χ0) is 16.3. The Morgan fingerprint density at radius 3 is 2.61 bits per heavy atom. The Labute approximate surface area is 132 Å². The molecule has 3 aliphatic rings. The standard InChI is InChI=1S/C16H15N3O4/c1-8-4-5-18-12(6-8)15(22)19(16(18)23)9-2-3-10-11(7-9)14(21)17-13(10)20/h2-3,7-8,12H,4-6H2,1H3,(H,17,20,21)/t8-,12+/m0/s1. The first-order chi connectivity index (χ1) is 11.0. The number of nitrogens with zero attached hydrogens (tertiary/aromatic N) is 2. The third-order valence-corrected chi connectivity index (χ3v) is 4.78. The molecule has 118 valence electrons. The van der Waals surface area contributed by atoms with Gasteiger partial charge < -0.3 is 4.90 Å². The Kier molecular flexibility index (Phi) is 2.81. The Bertz CT molecular complexity index is 773. The minimum Gasteiger partial charge on any atom is -0.312 e. The number of benzene rings is 1. The van der Waals surface area contributed by atoms with Crippen LogP contribution in [0.4, 0.5) is 10.5 Å². The molecule has 2 fully saturated rings. The molecule has 3 aliphatic heterocycles. The molecule has 23 heavy (non-hydrogen) atoms. The zero-order valence-corrected chi connectivity index (χ0v) is 12.5. The van der Waals surface area contributed by atoms with Crippen LogP contribution in [0.15, 0.2) is 18.2 Å². The summed E-state index contributed by atoms with van der Waals surface area (Å²) in [6.07, 6.45) is 1.54. The van der Waals surface area contributed by atoms with Gasteiger partial charge in [-0.15, -0.1) is 0 Å². The van der Waals surface area contributed by atoms with Crippen molar-refractivity contribution in [2.75, 3.05) is 11.4 Å². The maximum atomic E-state index is 12.6. The maximum absolute atomic E-state index is 12.6. The van der Waals surface area contributed by atoms with Crippen LogP contribution >= 0.6 is 0 Å². The lowest BCUT2D eigenvalue weighted by molar-refractivity contribution is -0.120. The van der Waals surface area contributed by atoms with Gasteiger partial charge in [0.15, 0.2) is 0 Å². The predicted molar refractivity (Wildman–Crippen MR) is 80.0 cm³/mol. The van der Waals surface area contributed by atoms with E-state index in [1.54, 1.807) is 4.90 Å². The second-order valence-electron chi connectivity index (χ2n) is 6.31. The molecule has 0 bridgehead atoms. The van der Waals surface area contributed by atoms with Gasteiger partial charge >= 0.3 is 6.03 Å². The van der Waals surface area contributed by atoms with Gasteiger partial charge in [-0.05, 0) is 37.0 Å². The quantitative estimate of drug-likeness (QED) is 0.622. The second kappa shape index (κ2) is 4.65. The molecule has 2 saturated heterocycles. The van der Waals surface area contributed by atoms with Crippen molar-refractivity contribution in [3.8, 4) is 0 Å². The van der Waals surface area contributed by atoms with Crippen LogP contribution in [0.3, 0.4) is 0 Å². The van der Waals surface area contributed by atoms with Gasteiger partial charge in [0.1, 0.15) is 6.04 Å². The normalized spacial score (nSPS) is 26.5. The van der Waals surface area contributed by atoms with Gasteiger partial charge in [-0.1, -0.05) is 6.92 Å². The summed E-state index contributed by atoms with van der Waals surface area (Å²) in [5, 5.41) is 2.20. The highest BCUT2D eigenvalue weighted by molar-refractivity contribution is 6.24. The van der Waals surface area contributed by atoms with Crippen LogP contribution in [0, 0.1) is 5.92 Å². The van der Waals surface area contributed by atoms with E-state index in [2.05, 4.69) is 12.2 Å². The van der Waals surface area contributed by atoms with Gasteiger partial charge in [-0.25, -0.2) is 9.69 Å². The van der Waals surface area contributed by atoms with Crippen LogP contribution in [0.5, 0.6) is 0 Å². The summed E-state index contributed by atoms with van der Waals surface area (Å²) in [6.45, 7) is 2.64. The van der Waals surface area contributed by atoms with E-state index in [4.69, 9.17) is 0 Å². The molecule has 7 heteroatoms. The number of piperidine rings is 1. The van der Waals surface area contributed by atoms with Crippen molar-refractivity contribution in [3.63, 3.8) is 0 Å². The molecule has 0 aliphatic carbocycles. The van der Waals surface area contributed by atoms with E-state index >= 15 is 0 Å². The molecule has 4 rings (SSSR count). The number of fused-ring (bicyclic) bond motifs is 2. The molecule has 0 unspecified atom stereocenters. The number of imide groups is 2. The van der Waals surface area contributed by atoms with Gasteiger partial charge in [-0.2, -0.15) is 0 Å². The first-order valence-corrected chi connectivity index (χ1v) is 7.61. The summed E-state index contributed by atoms with van der Waals surface area (Å²) in [5.41, 5.74) is 0.807. The van der Waals surface area contributed by atoms with Crippen LogP contribution in [0.2, 0.25) is 0 Å². The van der Waals surface area contributed by atoms with E-state index in [0.29, 0.717) is 24.6 Å². The van der Waals surface area contributed by atoms with E-state index in [1.807, 2.05) is 0 Å². The third kappa shape index (κ3) is 1.89. The van der Waals surface area contributed by atoms with Gasteiger partial charge in [-0.3, -0.25) is 19.7 Å². The monoisotopic (exact) mass is 313 g/mol. The average Bonchev–Trinajstić information content (AvgIpc) is 2.94. The molecule has 0 saturated carbocycles. The number of rotatable bonds is 1. The molecule has 2 atom stereocenters. The molecule has 1 aromatic carbocycles. The van der Waals surface area contributed by atoms with Crippen molar-refractivity contribution in [3.05, 3.63) is 29.3 Å². The fourth-order valence-corrected chi connectivity index (χ4v) is 3.51. The Balaban J connectivity index is 1.73. The predicted octanol–water partition coefficient (Wildman–Crippen LogP) is 1.14. The number of hydrogen-bond acceptors (Lipinski definition) is 4. The second-order valence-corrected chi connectivity index (χ2v) is 6.31. The summed E-state index contributed by atoms with van der Waals surface area (Å²) >= 11 is 0. The Morgan fingerprint density at radius 1 is 1.09 bits per heavy atom. The molecule has 0 aromatic heterocycles. The van der Waals surface area contributed by atoms with Gasteiger partial charge in [0, 0.05) is 6.54 Å². The number of carbonyl (C=O) groups is 4. The van der Waals surface area contributed by atoms with E-state index in [9.17, 15) is 19.2 Å². The fourth-order valence-electron chi connectivity index (χ4n) is 3.51. The van der Waals surface area contributed by atoms with E-state index in [0.717, 1.165) is 11.3 Å². The minimum atomic E-state index is -0.503. The molecular weight excluding hydrogens is 298 g/mol. The van der Waals surface area contributed by atoms with E-state index < -0.39 is 17.9 Å². The summed E-state index contributed by atoms with van der Waals surface area (Å²) < 4.78 is 0. The first-order valence-electron chi connectivity index (χ1n) is 7.61. The van der Waals surface area contributed by atoms with Crippen LogP contribution < -0.4 is 10.2 Å². The summed E-state index contributed by atoms with van der Waals surface area (Å²) in [7, 11) is 0. The number of nitrogens with one attached hydrogen (secondary N) is 1. The topological polar surface area (TPSA) is 86.8 Å². The fraction of sp³-hybridized carbons (Fsp3) is 0.375. The first kappa shape index (κ1) is 13.9.